The molecule has 0 aliphatic heterocycles. The van der Waals surface area contributed by atoms with Crippen molar-refractivity contribution in [1.29, 1.82) is 0 Å². The Hall–Kier alpha value is -0.580. The van der Waals surface area contributed by atoms with Gasteiger partial charge >= 0.3 is 0 Å². The first kappa shape index (κ1) is 10.5. The van der Waals surface area contributed by atoms with Crippen LogP contribution in [0, 0.1) is 0 Å². The molecule has 0 saturated carbocycles. The first-order valence-electron chi connectivity index (χ1n) is 3.22. The largest absolute Gasteiger partial charge is 0.349 e. The van der Waals surface area contributed by atoms with Crippen LogP contribution in [0.4, 0.5) is 5.95 Å². The van der Waals surface area contributed by atoms with Crippen LogP contribution in [0.1, 0.15) is 0 Å². The molecule has 1 aromatic heterocycles. The monoisotopic (exact) mass is 238 g/mol. The SMILES string of the molecule is C=C(Cl)CNc1nc(Cl)nc(Cl)n1. The van der Waals surface area contributed by atoms with Crippen molar-refractivity contribution in [3.8, 4) is 0 Å². The Kier molecular flexibility index (Phi) is 3.71. The maximum absolute atomic E-state index is 5.52. The third-order valence-corrected chi connectivity index (χ3v) is 1.49. The van der Waals surface area contributed by atoms with Crippen molar-refractivity contribution in [3.05, 3.63) is 22.2 Å². The summed E-state index contributed by atoms with van der Waals surface area (Å²) in [6.07, 6.45) is 0. The molecule has 1 rings (SSSR count). The molecule has 0 atom stereocenters. The molecule has 1 N–H and O–H groups in total. The topological polar surface area (TPSA) is 50.7 Å². The molecule has 13 heavy (non-hydrogen) atoms. The fraction of sp³-hybridized carbons (Fsp3) is 0.167. The lowest BCUT2D eigenvalue weighted by molar-refractivity contribution is 1.03. The predicted molar refractivity (Wildman–Crippen MR) is 53.3 cm³/mol. The second-order valence-electron chi connectivity index (χ2n) is 2.07. The van der Waals surface area contributed by atoms with Crippen LogP contribution in [0.3, 0.4) is 0 Å². The minimum atomic E-state index is 0.0303. The number of nitrogens with one attached hydrogen (secondary N) is 1. The van der Waals surface area contributed by atoms with Crippen molar-refractivity contribution in [2.24, 2.45) is 0 Å². The number of nitrogens with zero attached hydrogens (tertiary/aromatic N) is 3. The number of anilines is 1. The van der Waals surface area contributed by atoms with E-state index in [4.69, 9.17) is 34.8 Å². The maximum atomic E-state index is 5.52. The van der Waals surface area contributed by atoms with Gasteiger partial charge in [0, 0.05) is 5.03 Å². The minimum absolute atomic E-state index is 0.0303. The lowest BCUT2D eigenvalue weighted by Gasteiger charge is -2.02. The van der Waals surface area contributed by atoms with Gasteiger partial charge in [-0.05, 0) is 23.2 Å². The Morgan fingerprint density at radius 1 is 1.23 bits per heavy atom. The molecule has 0 bridgehead atoms. The second kappa shape index (κ2) is 4.60. The van der Waals surface area contributed by atoms with E-state index in [0.717, 1.165) is 0 Å². The highest BCUT2D eigenvalue weighted by atomic mass is 35.5. The zero-order valence-corrected chi connectivity index (χ0v) is 8.66. The van der Waals surface area contributed by atoms with Gasteiger partial charge in [0.25, 0.3) is 0 Å². The molecular formula is C6H5Cl3N4. The van der Waals surface area contributed by atoms with E-state index >= 15 is 0 Å². The molecule has 0 aromatic carbocycles. The Labute approximate surface area is 90.0 Å². The molecule has 0 fully saturated rings. The van der Waals surface area contributed by atoms with Gasteiger partial charge in [0.05, 0.1) is 6.54 Å². The van der Waals surface area contributed by atoms with Crippen molar-refractivity contribution >= 4 is 40.8 Å². The standard InChI is InChI=1S/C6H5Cl3N4/c1-3(7)2-10-6-12-4(8)11-5(9)13-6/h1-2H2,(H,10,11,12,13). The molecule has 1 heterocycles. The molecule has 0 amide bonds. The molecular weight excluding hydrogens is 234 g/mol. The molecule has 0 aliphatic carbocycles. The molecule has 70 valence electrons. The number of halogens is 3. The number of hydrogen-bond donors (Lipinski definition) is 1. The quantitative estimate of drug-likeness (QED) is 0.880. The summed E-state index contributed by atoms with van der Waals surface area (Å²) >= 11 is 16.6. The lowest BCUT2D eigenvalue weighted by atomic mass is 10.6. The molecule has 7 heteroatoms. The molecule has 4 nitrogen and oxygen atoms in total. The fourth-order valence-corrected chi connectivity index (χ4v) is 1.01. The number of rotatable bonds is 3. The van der Waals surface area contributed by atoms with Gasteiger partial charge in [0.2, 0.25) is 16.5 Å². The summed E-state index contributed by atoms with van der Waals surface area (Å²) in [4.78, 5) is 11.1. The van der Waals surface area contributed by atoms with Gasteiger partial charge in [-0.2, -0.15) is 15.0 Å². The molecule has 0 aliphatic rings. The van der Waals surface area contributed by atoms with E-state index in [0.29, 0.717) is 11.6 Å². The van der Waals surface area contributed by atoms with Gasteiger partial charge in [0.15, 0.2) is 0 Å². The zero-order valence-electron chi connectivity index (χ0n) is 6.39. The van der Waals surface area contributed by atoms with Crippen LogP contribution in [0.25, 0.3) is 0 Å². The number of aromatic nitrogens is 3. The number of hydrogen-bond acceptors (Lipinski definition) is 4. The van der Waals surface area contributed by atoms with E-state index < -0.39 is 0 Å². The highest BCUT2D eigenvalue weighted by Gasteiger charge is 2.01. The normalized spacial score (nSPS) is 9.77. The lowest BCUT2D eigenvalue weighted by Crippen LogP contribution is -2.06. The maximum Gasteiger partial charge on any atom is 0.228 e. The van der Waals surface area contributed by atoms with Crippen LogP contribution >= 0.6 is 34.8 Å². The van der Waals surface area contributed by atoms with Crippen molar-refractivity contribution in [2.45, 2.75) is 0 Å². The first-order valence-corrected chi connectivity index (χ1v) is 4.35. The van der Waals surface area contributed by atoms with Crippen LogP contribution in [0.5, 0.6) is 0 Å². The van der Waals surface area contributed by atoms with Crippen molar-refractivity contribution in [2.75, 3.05) is 11.9 Å². The minimum Gasteiger partial charge on any atom is -0.349 e. The molecule has 0 spiro atoms. The summed E-state index contributed by atoms with van der Waals surface area (Å²) in [6.45, 7) is 3.83. The van der Waals surface area contributed by atoms with E-state index in [2.05, 4.69) is 26.8 Å². The molecule has 0 radical (unpaired) electrons. The summed E-state index contributed by atoms with van der Waals surface area (Å²) in [5.74, 6) is 0.270. The average molecular weight is 239 g/mol. The smallest absolute Gasteiger partial charge is 0.228 e. The van der Waals surface area contributed by atoms with Crippen molar-refractivity contribution in [3.63, 3.8) is 0 Å². The van der Waals surface area contributed by atoms with E-state index in [1.807, 2.05) is 0 Å². The van der Waals surface area contributed by atoms with Crippen LogP contribution in [-0.2, 0) is 0 Å². The van der Waals surface area contributed by atoms with Gasteiger partial charge in [-0.1, -0.05) is 18.2 Å². The van der Waals surface area contributed by atoms with Gasteiger partial charge in [-0.15, -0.1) is 0 Å². The van der Waals surface area contributed by atoms with Crippen LogP contribution in [0.15, 0.2) is 11.6 Å². The van der Waals surface area contributed by atoms with Crippen LogP contribution < -0.4 is 5.32 Å². The highest BCUT2D eigenvalue weighted by molar-refractivity contribution is 6.31. The Morgan fingerprint density at radius 2 is 1.77 bits per heavy atom. The summed E-state index contributed by atoms with van der Waals surface area (Å²) in [5.41, 5.74) is 0. The van der Waals surface area contributed by atoms with Gasteiger partial charge in [0.1, 0.15) is 0 Å². The molecule has 1 aromatic rings. The van der Waals surface area contributed by atoms with E-state index in [9.17, 15) is 0 Å². The van der Waals surface area contributed by atoms with Crippen LogP contribution in [-0.4, -0.2) is 21.5 Å². The third-order valence-electron chi connectivity index (χ3n) is 1.02. The van der Waals surface area contributed by atoms with Crippen molar-refractivity contribution < 1.29 is 0 Å². The predicted octanol–water partition coefficient (Wildman–Crippen LogP) is 2.34. The van der Waals surface area contributed by atoms with Gasteiger partial charge in [-0.3, -0.25) is 0 Å². The fourth-order valence-electron chi connectivity index (χ4n) is 0.580. The summed E-state index contributed by atoms with van der Waals surface area (Å²) < 4.78 is 0. The van der Waals surface area contributed by atoms with E-state index in [1.54, 1.807) is 0 Å². The summed E-state index contributed by atoms with van der Waals surface area (Å²) in [7, 11) is 0. The van der Waals surface area contributed by atoms with E-state index in [-0.39, 0.29) is 16.5 Å². The first-order chi connectivity index (χ1) is 6.08. The van der Waals surface area contributed by atoms with E-state index in [1.165, 1.54) is 0 Å². The van der Waals surface area contributed by atoms with Crippen LogP contribution in [0.2, 0.25) is 10.6 Å². The highest BCUT2D eigenvalue weighted by Crippen LogP contribution is 2.09. The Bertz CT molecular complexity index is 307. The van der Waals surface area contributed by atoms with Crippen molar-refractivity contribution in [1.82, 2.24) is 15.0 Å². The second-order valence-corrected chi connectivity index (χ2v) is 3.28. The zero-order chi connectivity index (χ0) is 9.84. The summed E-state index contributed by atoms with van der Waals surface area (Å²) in [6, 6.07) is 0. The molecule has 0 saturated heterocycles. The Balaban J connectivity index is 2.71. The average Bonchev–Trinajstić information content (AvgIpc) is 1.99. The van der Waals surface area contributed by atoms with Gasteiger partial charge in [-0.25, -0.2) is 0 Å². The van der Waals surface area contributed by atoms with Gasteiger partial charge < -0.3 is 5.32 Å². The third kappa shape index (κ3) is 3.76. The molecule has 0 unspecified atom stereocenters. The summed E-state index contributed by atoms with van der Waals surface area (Å²) in [5, 5.41) is 3.26. The Morgan fingerprint density at radius 3 is 2.23 bits per heavy atom.